The maximum absolute atomic E-state index is 10.9. The zero-order valence-corrected chi connectivity index (χ0v) is 10.6. The molecule has 0 aliphatic rings. The molecule has 0 saturated heterocycles. The summed E-state index contributed by atoms with van der Waals surface area (Å²) >= 11 is 3.41. The largest absolute Gasteiger partial charge is 0.492 e. The first kappa shape index (κ1) is 12.2. The molecule has 1 aromatic rings. The fourth-order valence-electron chi connectivity index (χ4n) is 1.31. The lowest BCUT2D eigenvalue weighted by atomic mass is 10.1. The Labute approximate surface area is 98.8 Å². The first-order valence-corrected chi connectivity index (χ1v) is 5.86. The van der Waals surface area contributed by atoms with E-state index in [1.807, 2.05) is 19.1 Å². The van der Waals surface area contributed by atoms with Gasteiger partial charge in [0, 0.05) is 0 Å². The zero-order valence-electron chi connectivity index (χ0n) is 9.05. The molecule has 0 heterocycles. The van der Waals surface area contributed by atoms with Crippen molar-refractivity contribution in [3.8, 4) is 5.75 Å². The van der Waals surface area contributed by atoms with Gasteiger partial charge in [-0.3, -0.25) is 4.79 Å². The third-order valence-electron chi connectivity index (χ3n) is 2.09. The SMILES string of the molecule is CCCCOc1c(Br)cc(C)cc1C=O. The van der Waals surface area contributed by atoms with Crippen LogP contribution >= 0.6 is 15.9 Å². The summed E-state index contributed by atoms with van der Waals surface area (Å²) in [6.45, 7) is 4.71. The van der Waals surface area contributed by atoms with Gasteiger partial charge in [-0.25, -0.2) is 0 Å². The van der Waals surface area contributed by atoms with Gasteiger partial charge in [0.25, 0.3) is 0 Å². The van der Waals surface area contributed by atoms with E-state index in [4.69, 9.17) is 4.74 Å². The lowest BCUT2D eigenvalue weighted by Crippen LogP contribution is -2.00. The van der Waals surface area contributed by atoms with Crippen LogP contribution in [0, 0.1) is 6.92 Å². The molecule has 15 heavy (non-hydrogen) atoms. The molecule has 1 rings (SSSR count). The summed E-state index contributed by atoms with van der Waals surface area (Å²) in [6, 6.07) is 3.79. The number of rotatable bonds is 5. The van der Waals surface area contributed by atoms with Gasteiger partial charge >= 0.3 is 0 Å². The minimum Gasteiger partial charge on any atom is -0.492 e. The monoisotopic (exact) mass is 270 g/mol. The predicted molar refractivity (Wildman–Crippen MR) is 64.7 cm³/mol. The number of aldehydes is 1. The molecule has 0 aliphatic heterocycles. The first-order valence-electron chi connectivity index (χ1n) is 5.07. The first-order chi connectivity index (χ1) is 7.19. The molecule has 0 saturated carbocycles. The van der Waals surface area contributed by atoms with E-state index >= 15 is 0 Å². The summed E-state index contributed by atoms with van der Waals surface area (Å²) in [5.41, 5.74) is 1.66. The van der Waals surface area contributed by atoms with Crippen molar-refractivity contribution < 1.29 is 9.53 Å². The number of ether oxygens (including phenoxy) is 1. The van der Waals surface area contributed by atoms with Crippen molar-refractivity contribution in [1.82, 2.24) is 0 Å². The van der Waals surface area contributed by atoms with E-state index in [9.17, 15) is 4.79 Å². The molecule has 0 unspecified atom stereocenters. The number of carbonyl (C=O) groups is 1. The van der Waals surface area contributed by atoms with E-state index in [0.29, 0.717) is 17.9 Å². The van der Waals surface area contributed by atoms with E-state index in [1.165, 1.54) is 0 Å². The molecule has 0 bridgehead atoms. The molecular weight excluding hydrogens is 256 g/mol. The minimum absolute atomic E-state index is 0.609. The van der Waals surface area contributed by atoms with Crippen LogP contribution in [0.15, 0.2) is 16.6 Å². The Morgan fingerprint density at radius 1 is 1.47 bits per heavy atom. The molecule has 0 aliphatic carbocycles. The van der Waals surface area contributed by atoms with Crippen molar-refractivity contribution in [2.75, 3.05) is 6.61 Å². The topological polar surface area (TPSA) is 26.3 Å². The Hall–Kier alpha value is -0.830. The van der Waals surface area contributed by atoms with Crippen LogP contribution in [-0.4, -0.2) is 12.9 Å². The summed E-state index contributed by atoms with van der Waals surface area (Å²) in [6.07, 6.45) is 2.91. The average molecular weight is 271 g/mol. The molecular formula is C12H15BrO2. The summed E-state index contributed by atoms with van der Waals surface area (Å²) in [5.74, 6) is 0.657. The second kappa shape index (κ2) is 5.91. The molecule has 0 spiro atoms. The molecule has 82 valence electrons. The molecule has 2 nitrogen and oxygen atoms in total. The molecule has 3 heteroatoms. The lowest BCUT2D eigenvalue weighted by Gasteiger charge is -2.10. The maximum Gasteiger partial charge on any atom is 0.153 e. The van der Waals surface area contributed by atoms with Gasteiger partial charge < -0.3 is 4.74 Å². The third-order valence-corrected chi connectivity index (χ3v) is 2.68. The van der Waals surface area contributed by atoms with E-state index < -0.39 is 0 Å². The molecule has 0 aromatic heterocycles. The number of unbranched alkanes of at least 4 members (excludes halogenated alkanes) is 1. The van der Waals surface area contributed by atoms with Crippen molar-refractivity contribution >= 4 is 22.2 Å². The molecule has 0 N–H and O–H groups in total. The highest BCUT2D eigenvalue weighted by Crippen LogP contribution is 2.29. The molecule has 0 amide bonds. The van der Waals surface area contributed by atoms with Crippen LogP contribution < -0.4 is 4.74 Å². The van der Waals surface area contributed by atoms with E-state index in [0.717, 1.165) is 29.2 Å². The Kier molecular flexibility index (Phi) is 4.82. The predicted octanol–water partition coefficient (Wildman–Crippen LogP) is 3.75. The van der Waals surface area contributed by atoms with E-state index in [-0.39, 0.29) is 0 Å². The molecule has 0 radical (unpaired) electrons. The fraction of sp³-hybridized carbons (Fsp3) is 0.417. The van der Waals surface area contributed by atoms with Crippen LogP contribution in [0.4, 0.5) is 0 Å². The number of carbonyl (C=O) groups excluding carboxylic acids is 1. The second-order valence-corrected chi connectivity index (χ2v) is 4.34. The van der Waals surface area contributed by atoms with Crippen LogP contribution in [0.1, 0.15) is 35.7 Å². The van der Waals surface area contributed by atoms with Crippen LogP contribution in [-0.2, 0) is 0 Å². The highest BCUT2D eigenvalue weighted by Gasteiger charge is 2.08. The van der Waals surface area contributed by atoms with Gasteiger partial charge in [-0.2, -0.15) is 0 Å². The van der Waals surface area contributed by atoms with Crippen LogP contribution in [0.25, 0.3) is 0 Å². The van der Waals surface area contributed by atoms with Crippen molar-refractivity contribution in [3.63, 3.8) is 0 Å². The number of aryl methyl sites for hydroxylation is 1. The van der Waals surface area contributed by atoms with Crippen LogP contribution in [0.3, 0.4) is 0 Å². The smallest absolute Gasteiger partial charge is 0.153 e. The number of hydrogen-bond donors (Lipinski definition) is 0. The number of halogens is 1. The van der Waals surface area contributed by atoms with Gasteiger partial charge in [-0.1, -0.05) is 13.3 Å². The van der Waals surface area contributed by atoms with E-state index in [2.05, 4.69) is 22.9 Å². The van der Waals surface area contributed by atoms with Crippen molar-refractivity contribution in [2.24, 2.45) is 0 Å². The maximum atomic E-state index is 10.9. The van der Waals surface area contributed by atoms with Gasteiger partial charge in [0.1, 0.15) is 5.75 Å². The molecule has 0 atom stereocenters. The third kappa shape index (κ3) is 3.34. The fourth-order valence-corrected chi connectivity index (χ4v) is 2.02. The highest BCUT2D eigenvalue weighted by molar-refractivity contribution is 9.10. The van der Waals surface area contributed by atoms with Crippen molar-refractivity contribution in [1.29, 1.82) is 0 Å². The molecule has 1 aromatic carbocycles. The number of benzene rings is 1. The van der Waals surface area contributed by atoms with E-state index in [1.54, 1.807) is 0 Å². The lowest BCUT2D eigenvalue weighted by molar-refractivity contribution is 0.111. The highest BCUT2D eigenvalue weighted by atomic mass is 79.9. The van der Waals surface area contributed by atoms with Crippen molar-refractivity contribution in [3.05, 3.63) is 27.7 Å². The van der Waals surface area contributed by atoms with Gasteiger partial charge in [0.15, 0.2) is 6.29 Å². The Balaban J connectivity index is 2.89. The molecule has 0 fully saturated rings. The van der Waals surface area contributed by atoms with Crippen LogP contribution in [0.2, 0.25) is 0 Å². The van der Waals surface area contributed by atoms with Crippen LogP contribution in [0.5, 0.6) is 5.75 Å². The Bertz CT molecular complexity index is 348. The second-order valence-electron chi connectivity index (χ2n) is 3.48. The summed E-state index contributed by atoms with van der Waals surface area (Å²) in [7, 11) is 0. The summed E-state index contributed by atoms with van der Waals surface area (Å²) in [4.78, 5) is 10.9. The standard InChI is InChI=1S/C12H15BrO2/c1-3-4-5-15-12-10(8-14)6-9(2)7-11(12)13/h6-8H,3-5H2,1-2H3. The van der Waals surface area contributed by atoms with Gasteiger partial charge in [-0.15, -0.1) is 0 Å². The summed E-state index contributed by atoms with van der Waals surface area (Å²) in [5, 5.41) is 0. The quantitative estimate of drug-likeness (QED) is 0.602. The van der Waals surface area contributed by atoms with Gasteiger partial charge in [0.2, 0.25) is 0 Å². The average Bonchev–Trinajstić information content (AvgIpc) is 2.20. The minimum atomic E-state index is 0.609. The Morgan fingerprint density at radius 3 is 2.80 bits per heavy atom. The zero-order chi connectivity index (χ0) is 11.3. The van der Waals surface area contributed by atoms with Gasteiger partial charge in [-0.05, 0) is 47.0 Å². The Morgan fingerprint density at radius 2 is 2.20 bits per heavy atom. The number of hydrogen-bond acceptors (Lipinski definition) is 2. The van der Waals surface area contributed by atoms with Crippen molar-refractivity contribution in [2.45, 2.75) is 26.7 Å². The normalized spacial score (nSPS) is 10.1. The van der Waals surface area contributed by atoms with Gasteiger partial charge in [0.05, 0.1) is 16.6 Å². The summed E-state index contributed by atoms with van der Waals surface area (Å²) < 4.78 is 6.42.